The van der Waals surface area contributed by atoms with E-state index >= 15 is 0 Å². The molecular weight excluding hydrogens is 332 g/mol. The molecule has 0 aliphatic heterocycles. The fraction of sp³-hybridized carbons (Fsp3) is 0.263. The summed E-state index contributed by atoms with van der Waals surface area (Å²) in [7, 11) is 1.50. The largest absolute Gasteiger partial charge is 0.487 e. The highest BCUT2D eigenvalue weighted by Crippen LogP contribution is 2.27. The fourth-order valence-corrected chi connectivity index (χ4v) is 2.64. The van der Waals surface area contributed by atoms with Gasteiger partial charge in [0.05, 0.1) is 24.6 Å². The lowest BCUT2D eigenvalue weighted by atomic mass is 10.1. The summed E-state index contributed by atoms with van der Waals surface area (Å²) in [6.07, 6.45) is 7.49. The molecule has 0 saturated carbocycles. The van der Waals surface area contributed by atoms with E-state index in [-0.39, 0.29) is 12.6 Å². The van der Waals surface area contributed by atoms with E-state index in [1.165, 1.54) is 13.3 Å². The van der Waals surface area contributed by atoms with Crippen molar-refractivity contribution in [3.8, 4) is 22.9 Å². The van der Waals surface area contributed by atoms with Crippen molar-refractivity contribution in [2.75, 3.05) is 7.11 Å². The Morgan fingerprint density at radius 2 is 2.08 bits per heavy atom. The quantitative estimate of drug-likeness (QED) is 0.607. The lowest BCUT2D eigenvalue weighted by Gasteiger charge is -2.15. The van der Waals surface area contributed by atoms with Gasteiger partial charge in [-0.2, -0.15) is 5.10 Å². The normalized spacial score (nSPS) is 10.8. The summed E-state index contributed by atoms with van der Waals surface area (Å²) >= 11 is 0. The number of carbonyl (C=O) groups excluding carboxylic acids is 1. The number of pyridine rings is 2. The molecule has 134 valence electrons. The van der Waals surface area contributed by atoms with Gasteiger partial charge in [0.1, 0.15) is 12.4 Å². The van der Waals surface area contributed by atoms with E-state index in [0.717, 1.165) is 23.1 Å². The maximum Gasteiger partial charge on any atom is 0.213 e. The third-order valence-electron chi connectivity index (χ3n) is 3.94. The number of aldehydes is 1. The first kappa shape index (κ1) is 17.6. The van der Waals surface area contributed by atoms with E-state index in [0.29, 0.717) is 17.2 Å². The number of aromatic nitrogens is 4. The van der Waals surface area contributed by atoms with Crippen molar-refractivity contribution in [1.82, 2.24) is 19.7 Å². The third-order valence-corrected chi connectivity index (χ3v) is 3.94. The average molecular weight is 352 g/mol. The van der Waals surface area contributed by atoms with Crippen LogP contribution in [0.1, 0.15) is 35.8 Å². The van der Waals surface area contributed by atoms with E-state index in [1.54, 1.807) is 24.7 Å². The Kier molecular flexibility index (Phi) is 5.26. The Hall–Kier alpha value is -3.22. The minimum absolute atomic E-state index is 0.224. The Labute approximate surface area is 151 Å². The van der Waals surface area contributed by atoms with E-state index < -0.39 is 0 Å². The predicted molar refractivity (Wildman–Crippen MR) is 96.4 cm³/mol. The van der Waals surface area contributed by atoms with Crippen LogP contribution in [0.5, 0.6) is 11.6 Å². The molecule has 0 amide bonds. The van der Waals surface area contributed by atoms with Crippen molar-refractivity contribution < 1.29 is 14.3 Å². The molecule has 0 unspecified atom stereocenters. The summed E-state index contributed by atoms with van der Waals surface area (Å²) in [5.41, 5.74) is 3.23. The number of rotatable bonds is 7. The molecule has 26 heavy (non-hydrogen) atoms. The summed E-state index contributed by atoms with van der Waals surface area (Å²) in [5.74, 6) is 0.769. The summed E-state index contributed by atoms with van der Waals surface area (Å²) in [4.78, 5) is 19.6. The van der Waals surface area contributed by atoms with Crippen molar-refractivity contribution in [1.29, 1.82) is 0 Å². The topological polar surface area (TPSA) is 79.1 Å². The second kappa shape index (κ2) is 7.77. The second-order valence-corrected chi connectivity index (χ2v) is 5.96. The van der Waals surface area contributed by atoms with Gasteiger partial charge in [-0.05, 0) is 26.0 Å². The summed E-state index contributed by atoms with van der Waals surface area (Å²) in [5, 5.41) is 4.38. The zero-order chi connectivity index (χ0) is 18.5. The van der Waals surface area contributed by atoms with Crippen LogP contribution in [0.4, 0.5) is 0 Å². The molecule has 0 N–H and O–H groups in total. The Morgan fingerprint density at radius 1 is 1.23 bits per heavy atom. The van der Waals surface area contributed by atoms with Crippen LogP contribution in [0.3, 0.4) is 0 Å². The van der Waals surface area contributed by atoms with Gasteiger partial charge in [0, 0.05) is 41.8 Å². The molecule has 3 aromatic rings. The maximum atomic E-state index is 11.3. The summed E-state index contributed by atoms with van der Waals surface area (Å²) in [6, 6.07) is 5.61. The first-order valence-electron chi connectivity index (χ1n) is 8.22. The number of hydrogen-bond donors (Lipinski definition) is 0. The van der Waals surface area contributed by atoms with Crippen LogP contribution in [0.15, 0.2) is 43.0 Å². The Bertz CT molecular complexity index is 905. The van der Waals surface area contributed by atoms with Crippen LogP contribution in [0.2, 0.25) is 0 Å². The van der Waals surface area contributed by atoms with Crippen molar-refractivity contribution in [3.63, 3.8) is 0 Å². The molecule has 3 rings (SSSR count). The predicted octanol–water partition coefficient (Wildman–Crippen LogP) is 3.32. The molecule has 0 spiro atoms. The van der Waals surface area contributed by atoms with Gasteiger partial charge in [-0.1, -0.05) is 0 Å². The van der Waals surface area contributed by atoms with Crippen molar-refractivity contribution >= 4 is 6.29 Å². The highest BCUT2D eigenvalue weighted by atomic mass is 16.5. The van der Waals surface area contributed by atoms with Gasteiger partial charge in [-0.25, -0.2) is 4.98 Å². The molecular formula is C19H20N4O3. The van der Waals surface area contributed by atoms with E-state index in [4.69, 9.17) is 9.47 Å². The molecule has 0 saturated heterocycles. The van der Waals surface area contributed by atoms with Gasteiger partial charge in [0.15, 0.2) is 6.29 Å². The number of nitrogens with zero attached hydrogens (tertiary/aromatic N) is 4. The molecule has 0 aliphatic rings. The number of carbonyl (C=O) groups is 1. The number of ether oxygens (including phenoxy) is 2. The zero-order valence-electron chi connectivity index (χ0n) is 14.9. The third kappa shape index (κ3) is 3.56. The fourth-order valence-electron chi connectivity index (χ4n) is 2.64. The average Bonchev–Trinajstić information content (AvgIpc) is 3.16. The zero-order valence-corrected chi connectivity index (χ0v) is 14.9. The lowest BCUT2D eigenvalue weighted by molar-refractivity contribution is 0.111. The highest BCUT2D eigenvalue weighted by Gasteiger charge is 2.14. The number of methoxy groups -OCH3 is 1. The molecule has 3 aromatic heterocycles. The van der Waals surface area contributed by atoms with Crippen LogP contribution in [-0.4, -0.2) is 33.1 Å². The maximum absolute atomic E-state index is 11.3. The van der Waals surface area contributed by atoms with E-state index in [1.807, 2.05) is 16.8 Å². The molecule has 0 radical (unpaired) electrons. The van der Waals surface area contributed by atoms with E-state index in [9.17, 15) is 4.79 Å². The van der Waals surface area contributed by atoms with Gasteiger partial charge >= 0.3 is 0 Å². The van der Waals surface area contributed by atoms with Gasteiger partial charge in [-0.15, -0.1) is 0 Å². The van der Waals surface area contributed by atoms with Gasteiger partial charge in [0.2, 0.25) is 5.88 Å². The first-order chi connectivity index (χ1) is 12.6. The van der Waals surface area contributed by atoms with Gasteiger partial charge in [-0.3, -0.25) is 14.5 Å². The molecule has 7 nitrogen and oxygen atoms in total. The van der Waals surface area contributed by atoms with Crippen molar-refractivity contribution in [3.05, 3.63) is 54.1 Å². The molecule has 0 fully saturated rings. The van der Waals surface area contributed by atoms with Crippen molar-refractivity contribution in [2.45, 2.75) is 26.5 Å². The van der Waals surface area contributed by atoms with Crippen molar-refractivity contribution in [2.24, 2.45) is 0 Å². The van der Waals surface area contributed by atoms with Crippen LogP contribution < -0.4 is 9.47 Å². The monoisotopic (exact) mass is 352 g/mol. The van der Waals surface area contributed by atoms with E-state index in [2.05, 4.69) is 28.9 Å². The smallest absolute Gasteiger partial charge is 0.213 e. The van der Waals surface area contributed by atoms with Gasteiger partial charge in [0.25, 0.3) is 0 Å². The standard InChI is InChI=1S/C19H20N4O3/c1-13(2)23-17(5-7-22-23)16-9-20-6-4-14(16)12-26-18-10-21-19(25-3)8-15(18)11-24/h4-11,13H,12H2,1-3H3. The minimum atomic E-state index is 0.224. The molecule has 3 heterocycles. The van der Waals surface area contributed by atoms with Crippen LogP contribution >= 0.6 is 0 Å². The van der Waals surface area contributed by atoms with Crippen LogP contribution in [0.25, 0.3) is 11.3 Å². The molecule has 0 bridgehead atoms. The van der Waals surface area contributed by atoms with Crippen LogP contribution in [0, 0.1) is 0 Å². The molecule has 7 heteroatoms. The molecule has 0 atom stereocenters. The molecule has 0 aliphatic carbocycles. The minimum Gasteiger partial charge on any atom is -0.487 e. The SMILES string of the molecule is COc1cc(C=O)c(OCc2ccncc2-c2ccnn2C(C)C)cn1. The second-order valence-electron chi connectivity index (χ2n) is 5.96. The highest BCUT2D eigenvalue weighted by molar-refractivity contribution is 5.79. The molecule has 0 aromatic carbocycles. The van der Waals surface area contributed by atoms with Crippen LogP contribution in [-0.2, 0) is 6.61 Å². The number of hydrogen-bond acceptors (Lipinski definition) is 6. The lowest BCUT2D eigenvalue weighted by Crippen LogP contribution is -2.07. The Balaban J connectivity index is 1.88. The summed E-state index contributed by atoms with van der Waals surface area (Å²) in [6.45, 7) is 4.42. The summed E-state index contributed by atoms with van der Waals surface area (Å²) < 4.78 is 12.8. The first-order valence-corrected chi connectivity index (χ1v) is 8.22. The van der Waals surface area contributed by atoms with Gasteiger partial charge < -0.3 is 9.47 Å². The Morgan fingerprint density at radius 3 is 2.81 bits per heavy atom.